The minimum absolute atomic E-state index is 0.239. The Morgan fingerprint density at radius 2 is 1.83 bits per heavy atom. The molecule has 2 rings (SSSR count). The van der Waals surface area contributed by atoms with Crippen molar-refractivity contribution in [2.24, 2.45) is 5.10 Å². The number of hydrogen-bond acceptors (Lipinski definition) is 3. The van der Waals surface area contributed by atoms with E-state index in [2.05, 4.69) is 23.5 Å². The Morgan fingerprint density at radius 3 is 2.43 bits per heavy atom. The molecule has 0 aromatic heterocycles. The Bertz CT molecular complexity index is 719. The second-order valence-electron chi connectivity index (χ2n) is 5.41. The van der Waals surface area contributed by atoms with Gasteiger partial charge in [-0.25, -0.2) is 5.43 Å². The number of nitrogens with zero attached hydrogens (tertiary/aromatic N) is 1. The van der Waals surface area contributed by atoms with Crippen LogP contribution >= 0.6 is 0 Å². The highest BCUT2D eigenvalue weighted by molar-refractivity contribution is 6.01. The molecule has 0 bridgehead atoms. The average Bonchev–Trinajstić information content (AvgIpc) is 2.53. The van der Waals surface area contributed by atoms with Crippen LogP contribution in [0, 0.1) is 13.8 Å². The second kappa shape index (κ2) is 7.58. The molecule has 2 aromatic rings. The van der Waals surface area contributed by atoms with Gasteiger partial charge in [-0.1, -0.05) is 23.8 Å². The molecule has 0 aliphatic carbocycles. The molecule has 0 saturated carbocycles. The standard InChI is InChI=1S/C19H22N2O2/c1-5-23-17-9-7-16(8-10-17)19(22)21-20-15(4)18-11-6-13(2)12-14(18)3/h6-12H,5H2,1-4H3,(H,21,22)/b20-15-. The predicted molar refractivity (Wildman–Crippen MR) is 93.2 cm³/mol. The predicted octanol–water partition coefficient (Wildman–Crippen LogP) is 3.86. The minimum atomic E-state index is -0.239. The van der Waals surface area contributed by atoms with Crippen LogP contribution in [-0.2, 0) is 0 Å². The van der Waals surface area contributed by atoms with Crippen molar-refractivity contribution in [1.29, 1.82) is 0 Å². The number of nitrogens with one attached hydrogen (secondary N) is 1. The lowest BCUT2D eigenvalue weighted by atomic mass is 10.0. The van der Waals surface area contributed by atoms with Gasteiger partial charge in [0.15, 0.2) is 0 Å². The maximum atomic E-state index is 12.1. The number of amides is 1. The summed E-state index contributed by atoms with van der Waals surface area (Å²) in [5.41, 5.74) is 7.30. The average molecular weight is 310 g/mol. The normalized spacial score (nSPS) is 11.2. The summed E-state index contributed by atoms with van der Waals surface area (Å²) in [6, 6.07) is 13.2. The van der Waals surface area contributed by atoms with Crippen LogP contribution in [0.15, 0.2) is 47.6 Å². The molecule has 0 heterocycles. The smallest absolute Gasteiger partial charge is 0.271 e. The van der Waals surface area contributed by atoms with Crippen LogP contribution in [0.25, 0.3) is 0 Å². The molecule has 1 amide bonds. The Morgan fingerprint density at radius 1 is 1.13 bits per heavy atom. The zero-order valence-corrected chi connectivity index (χ0v) is 14.0. The van der Waals surface area contributed by atoms with Crippen molar-refractivity contribution in [1.82, 2.24) is 5.43 Å². The fourth-order valence-electron chi connectivity index (χ4n) is 2.35. The molecule has 0 spiro atoms. The summed E-state index contributed by atoms with van der Waals surface area (Å²) in [4.78, 5) is 12.1. The van der Waals surface area contributed by atoms with Gasteiger partial charge in [-0.05, 0) is 57.5 Å². The number of aryl methyl sites for hydroxylation is 2. The van der Waals surface area contributed by atoms with Gasteiger partial charge in [-0.2, -0.15) is 5.10 Å². The van der Waals surface area contributed by atoms with Gasteiger partial charge in [0.05, 0.1) is 12.3 Å². The van der Waals surface area contributed by atoms with Gasteiger partial charge in [0.25, 0.3) is 5.91 Å². The van der Waals surface area contributed by atoms with Gasteiger partial charge in [0, 0.05) is 11.1 Å². The molecule has 23 heavy (non-hydrogen) atoms. The number of hydrogen-bond donors (Lipinski definition) is 1. The van der Waals surface area contributed by atoms with Crippen LogP contribution in [0.3, 0.4) is 0 Å². The van der Waals surface area contributed by atoms with Gasteiger partial charge in [0.2, 0.25) is 0 Å². The van der Waals surface area contributed by atoms with Crippen LogP contribution in [0.1, 0.15) is 40.9 Å². The molecule has 120 valence electrons. The topological polar surface area (TPSA) is 50.7 Å². The van der Waals surface area contributed by atoms with Gasteiger partial charge in [-0.3, -0.25) is 4.79 Å². The number of benzene rings is 2. The van der Waals surface area contributed by atoms with E-state index in [1.807, 2.05) is 32.9 Å². The van der Waals surface area contributed by atoms with Crippen LogP contribution < -0.4 is 10.2 Å². The van der Waals surface area contributed by atoms with Crippen LogP contribution in [0.2, 0.25) is 0 Å². The molecule has 0 radical (unpaired) electrons. The summed E-state index contributed by atoms with van der Waals surface area (Å²) >= 11 is 0. The summed E-state index contributed by atoms with van der Waals surface area (Å²) in [6.45, 7) is 8.50. The molecule has 4 nitrogen and oxygen atoms in total. The zero-order valence-electron chi connectivity index (χ0n) is 14.0. The Kier molecular flexibility index (Phi) is 5.52. The SMILES string of the molecule is CCOc1ccc(C(=O)N/N=C(/C)c2ccc(C)cc2C)cc1. The van der Waals surface area contributed by atoms with Crippen LogP contribution in [0.4, 0.5) is 0 Å². The molecule has 4 heteroatoms. The molecular formula is C19H22N2O2. The van der Waals surface area contributed by atoms with Gasteiger partial charge >= 0.3 is 0 Å². The Hall–Kier alpha value is -2.62. The third-order valence-electron chi connectivity index (χ3n) is 3.52. The lowest BCUT2D eigenvalue weighted by molar-refractivity contribution is 0.0955. The third-order valence-corrected chi connectivity index (χ3v) is 3.52. The number of rotatable bonds is 5. The quantitative estimate of drug-likeness (QED) is 0.673. The molecule has 0 aliphatic heterocycles. The molecular weight excluding hydrogens is 288 g/mol. The first-order valence-corrected chi connectivity index (χ1v) is 7.66. The number of carbonyl (C=O) groups excluding carboxylic acids is 1. The summed E-state index contributed by atoms with van der Waals surface area (Å²) < 4.78 is 5.36. The maximum Gasteiger partial charge on any atom is 0.271 e. The van der Waals surface area contributed by atoms with E-state index >= 15 is 0 Å². The van der Waals surface area contributed by atoms with Crippen LogP contribution in [-0.4, -0.2) is 18.2 Å². The second-order valence-corrected chi connectivity index (χ2v) is 5.41. The lowest BCUT2D eigenvalue weighted by Gasteiger charge is -2.07. The summed E-state index contributed by atoms with van der Waals surface area (Å²) in [5, 5.41) is 4.21. The monoisotopic (exact) mass is 310 g/mol. The largest absolute Gasteiger partial charge is 0.494 e. The van der Waals surface area contributed by atoms with Crippen molar-refractivity contribution in [3.63, 3.8) is 0 Å². The molecule has 1 N–H and O–H groups in total. The van der Waals surface area contributed by atoms with E-state index in [1.165, 1.54) is 5.56 Å². The zero-order chi connectivity index (χ0) is 16.8. The Balaban J connectivity index is 2.07. The highest BCUT2D eigenvalue weighted by Crippen LogP contribution is 2.13. The van der Waals surface area contributed by atoms with Crippen LogP contribution in [0.5, 0.6) is 5.75 Å². The minimum Gasteiger partial charge on any atom is -0.494 e. The van der Waals surface area contributed by atoms with Crippen molar-refractivity contribution < 1.29 is 9.53 Å². The molecule has 0 aliphatic rings. The van der Waals surface area contributed by atoms with E-state index in [4.69, 9.17) is 4.74 Å². The van der Waals surface area contributed by atoms with E-state index in [1.54, 1.807) is 24.3 Å². The molecule has 2 aromatic carbocycles. The lowest BCUT2D eigenvalue weighted by Crippen LogP contribution is -2.19. The highest BCUT2D eigenvalue weighted by Gasteiger charge is 2.06. The van der Waals surface area contributed by atoms with E-state index in [0.29, 0.717) is 12.2 Å². The van der Waals surface area contributed by atoms with E-state index in [-0.39, 0.29) is 5.91 Å². The fourth-order valence-corrected chi connectivity index (χ4v) is 2.35. The van der Waals surface area contributed by atoms with Gasteiger partial charge in [-0.15, -0.1) is 0 Å². The van der Waals surface area contributed by atoms with Crippen molar-refractivity contribution in [2.75, 3.05) is 6.61 Å². The first-order valence-electron chi connectivity index (χ1n) is 7.66. The Labute approximate surface area is 137 Å². The van der Waals surface area contributed by atoms with Crippen molar-refractivity contribution >= 4 is 11.6 Å². The molecule has 0 atom stereocenters. The summed E-state index contributed by atoms with van der Waals surface area (Å²) in [7, 11) is 0. The van der Waals surface area contributed by atoms with E-state index < -0.39 is 0 Å². The highest BCUT2D eigenvalue weighted by atomic mass is 16.5. The first kappa shape index (κ1) is 16.7. The number of carbonyl (C=O) groups is 1. The maximum absolute atomic E-state index is 12.1. The van der Waals surface area contributed by atoms with Crippen molar-refractivity contribution in [3.05, 3.63) is 64.7 Å². The fraction of sp³-hybridized carbons (Fsp3) is 0.263. The number of ether oxygens (including phenoxy) is 1. The molecule has 0 fully saturated rings. The summed E-state index contributed by atoms with van der Waals surface area (Å²) in [5.74, 6) is 0.510. The van der Waals surface area contributed by atoms with Gasteiger partial charge < -0.3 is 4.74 Å². The first-order chi connectivity index (χ1) is 11.0. The van der Waals surface area contributed by atoms with Crippen molar-refractivity contribution in [3.8, 4) is 5.75 Å². The van der Waals surface area contributed by atoms with E-state index in [9.17, 15) is 4.79 Å². The molecule has 0 saturated heterocycles. The van der Waals surface area contributed by atoms with Gasteiger partial charge in [0.1, 0.15) is 5.75 Å². The summed E-state index contributed by atoms with van der Waals surface area (Å²) in [6.07, 6.45) is 0. The van der Waals surface area contributed by atoms with Crippen molar-refractivity contribution in [2.45, 2.75) is 27.7 Å². The third kappa shape index (κ3) is 4.42. The van der Waals surface area contributed by atoms with E-state index in [0.717, 1.165) is 22.6 Å². The number of hydrazone groups is 1. The molecule has 0 unspecified atom stereocenters.